The Balaban J connectivity index is 1.97. The molecule has 1 aliphatic heterocycles. The summed E-state index contributed by atoms with van der Waals surface area (Å²) in [6.07, 6.45) is 3.90. The summed E-state index contributed by atoms with van der Waals surface area (Å²) >= 11 is 0. The van der Waals surface area contributed by atoms with Crippen molar-refractivity contribution >= 4 is 17.5 Å². The molecule has 122 valence electrons. The van der Waals surface area contributed by atoms with Gasteiger partial charge in [-0.15, -0.1) is 6.58 Å². The number of allylic oxidation sites excluding steroid dienone is 2. The Morgan fingerprint density at radius 1 is 1.43 bits per heavy atom. The fourth-order valence-electron chi connectivity index (χ4n) is 6.41. The first-order valence-corrected chi connectivity index (χ1v) is 8.41. The molecule has 0 aromatic heterocycles. The second-order valence-electron chi connectivity index (χ2n) is 7.83. The van der Waals surface area contributed by atoms with Crippen molar-refractivity contribution in [1.29, 1.82) is 0 Å². The zero-order chi connectivity index (χ0) is 16.7. The quantitative estimate of drug-likeness (QED) is 0.580. The summed E-state index contributed by atoms with van der Waals surface area (Å²) in [5, 5.41) is 0. The molecule has 4 nitrogen and oxygen atoms in total. The molecule has 0 spiro atoms. The molecule has 2 saturated carbocycles. The summed E-state index contributed by atoms with van der Waals surface area (Å²) in [5.74, 6) is -0.790. The van der Waals surface area contributed by atoms with Crippen LogP contribution in [-0.4, -0.2) is 23.6 Å². The molecule has 0 aromatic carbocycles. The first-order chi connectivity index (χ1) is 10.8. The Bertz CT molecular complexity index is 675. The van der Waals surface area contributed by atoms with Gasteiger partial charge in [-0.3, -0.25) is 9.59 Å². The summed E-state index contributed by atoms with van der Waals surface area (Å²) < 4.78 is 5.64. The highest BCUT2D eigenvalue weighted by atomic mass is 16.6. The van der Waals surface area contributed by atoms with Gasteiger partial charge in [-0.2, -0.15) is 0 Å². The van der Waals surface area contributed by atoms with E-state index in [9.17, 15) is 14.4 Å². The number of hydrogen-bond acceptors (Lipinski definition) is 4. The molecule has 0 radical (unpaired) electrons. The van der Waals surface area contributed by atoms with Crippen LogP contribution in [0.4, 0.5) is 0 Å². The summed E-state index contributed by atoms with van der Waals surface area (Å²) in [6, 6.07) is 0. The lowest BCUT2D eigenvalue weighted by Gasteiger charge is -2.52. The number of esters is 1. The molecule has 4 heteroatoms. The maximum Gasteiger partial charge on any atom is 0.334 e. The van der Waals surface area contributed by atoms with Gasteiger partial charge in [0.2, 0.25) is 0 Å². The first kappa shape index (κ1) is 14.9. The van der Waals surface area contributed by atoms with Gasteiger partial charge < -0.3 is 4.74 Å². The number of Topliss-reactive ketones (excluding diaryl/α,β-unsaturated/α-hetero) is 2. The minimum absolute atomic E-state index is 0.000417. The molecular formula is C19H22O4. The molecule has 0 bridgehead atoms. The van der Waals surface area contributed by atoms with Crippen molar-refractivity contribution in [2.24, 2.45) is 40.9 Å². The molecule has 0 unspecified atom stereocenters. The maximum absolute atomic E-state index is 12.9. The lowest BCUT2D eigenvalue weighted by Crippen LogP contribution is -2.55. The molecule has 4 rings (SSSR count). The van der Waals surface area contributed by atoms with Crippen molar-refractivity contribution in [2.75, 3.05) is 0 Å². The second-order valence-corrected chi connectivity index (χ2v) is 7.83. The third kappa shape index (κ3) is 1.50. The number of carbonyl (C=O) groups excluding carboxylic acids is 3. The maximum atomic E-state index is 12.9. The lowest BCUT2D eigenvalue weighted by molar-refractivity contribution is -0.153. The molecule has 0 amide bonds. The van der Waals surface area contributed by atoms with Crippen LogP contribution in [0.25, 0.3) is 0 Å². The average Bonchev–Trinajstić information content (AvgIpc) is 2.94. The normalized spacial score (nSPS) is 50.2. The van der Waals surface area contributed by atoms with Crippen LogP contribution in [0.5, 0.6) is 0 Å². The number of rotatable bonds is 2. The van der Waals surface area contributed by atoms with Gasteiger partial charge in [0, 0.05) is 23.3 Å². The van der Waals surface area contributed by atoms with E-state index in [0.29, 0.717) is 12.0 Å². The van der Waals surface area contributed by atoms with Crippen LogP contribution in [0, 0.1) is 40.9 Å². The van der Waals surface area contributed by atoms with E-state index in [4.69, 9.17) is 4.74 Å². The van der Waals surface area contributed by atoms with Crippen LogP contribution in [-0.2, 0) is 19.1 Å². The number of hydrogen-bond donors (Lipinski definition) is 0. The predicted octanol–water partition coefficient (Wildman–Crippen LogP) is 2.34. The molecule has 1 saturated heterocycles. The Kier molecular flexibility index (Phi) is 2.86. The standard InChI is InChI=1S/C19H22O4/c1-5-12-8(2)16(21)11-7-6-10-13-15(11)19(12,4)14(9(3)20)17(13)23-18(10)22/h5-6,8,11-15,17H,1,7H2,2-4H3/t8-,11-,12+,13+,14-,15-,17+,19+/m1/s1. The highest BCUT2D eigenvalue weighted by Crippen LogP contribution is 2.68. The third-order valence-corrected chi connectivity index (χ3v) is 7.08. The average molecular weight is 314 g/mol. The Morgan fingerprint density at radius 2 is 2.13 bits per heavy atom. The Labute approximate surface area is 136 Å². The van der Waals surface area contributed by atoms with Crippen LogP contribution in [0.2, 0.25) is 0 Å². The van der Waals surface area contributed by atoms with Crippen molar-refractivity contribution in [1.82, 2.24) is 0 Å². The van der Waals surface area contributed by atoms with Crippen molar-refractivity contribution in [3.8, 4) is 0 Å². The van der Waals surface area contributed by atoms with Gasteiger partial charge in [0.25, 0.3) is 0 Å². The van der Waals surface area contributed by atoms with Gasteiger partial charge in [-0.1, -0.05) is 26.0 Å². The Morgan fingerprint density at radius 3 is 2.74 bits per heavy atom. The number of ether oxygens (including phenoxy) is 1. The van der Waals surface area contributed by atoms with E-state index < -0.39 is 6.10 Å². The van der Waals surface area contributed by atoms with Crippen LogP contribution >= 0.6 is 0 Å². The van der Waals surface area contributed by atoms with Crippen LogP contribution in [0.1, 0.15) is 27.2 Å². The summed E-state index contributed by atoms with van der Waals surface area (Å²) in [4.78, 5) is 37.6. The van der Waals surface area contributed by atoms with Gasteiger partial charge in [0.1, 0.15) is 17.7 Å². The molecule has 0 N–H and O–H groups in total. The second kappa shape index (κ2) is 4.43. The zero-order valence-electron chi connectivity index (χ0n) is 13.7. The lowest BCUT2D eigenvalue weighted by atomic mass is 9.49. The topological polar surface area (TPSA) is 60.4 Å². The van der Waals surface area contributed by atoms with E-state index in [1.165, 1.54) is 0 Å². The minimum Gasteiger partial charge on any atom is -0.458 e. The molecule has 1 heterocycles. The fourth-order valence-corrected chi connectivity index (χ4v) is 6.41. The SMILES string of the molecule is C=C[C@H]1[C@@H](C)C(=O)[C@@H]2CC=C3C(=O)O[C@H]4[C@@H]3[C@@H]2[C@]1(C)[C@@H]4C(C)=O. The molecular weight excluding hydrogens is 292 g/mol. The van der Waals surface area contributed by atoms with Gasteiger partial charge in [0.15, 0.2) is 0 Å². The van der Waals surface area contributed by atoms with Crippen molar-refractivity contribution < 1.29 is 19.1 Å². The van der Waals surface area contributed by atoms with Crippen LogP contribution < -0.4 is 0 Å². The van der Waals surface area contributed by atoms with E-state index in [1.54, 1.807) is 6.92 Å². The first-order valence-electron chi connectivity index (χ1n) is 8.41. The van der Waals surface area contributed by atoms with Gasteiger partial charge in [-0.25, -0.2) is 4.79 Å². The van der Waals surface area contributed by atoms with E-state index in [2.05, 4.69) is 13.5 Å². The molecule has 8 atom stereocenters. The molecule has 0 aromatic rings. The number of carbonyl (C=O) groups is 3. The third-order valence-electron chi connectivity index (χ3n) is 7.08. The van der Waals surface area contributed by atoms with Gasteiger partial charge >= 0.3 is 5.97 Å². The van der Waals surface area contributed by atoms with E-state index >= 15 is 0 Å². The van der Waals surface area contributed by atoms with Crippen molar-refractivity contribution in [3.63, 3.8) is 0 Å². The molecule has 4 aliphatic rings. The van der Waals surface area contributed by atoms with E-state index in [-0.39, 0.29) is 58.5 Å². The van der Waals surface area contributed by atoms with Crippen molar-refractivity contribution in [3.05, 3.63) is 24.3 Å². The zero-order valence-corrected chi connectivity index (χ0v) is 13.7. The minimum atomic E-state index is -0.412. The Hall–Kier alpha value is -1.71. The largest absolute Gasteiger partial charge is 0.458 e. The molecule has 23 heavy (non-hydrogen) atoms. The fraction of sp³-hybridized carbons (Fsp3) is 0.632. The molecule has 3 aliphatic carbocycles. The molecule has 3 fully saturated rings. The van der Waals surface area contributed by atoms with E-state index in [0.717, 1.165) is 0 Å². The smallest absolute Gasteiger partial charge is 0.334 e. The van der Waals surface area contributed by atoms with Gasteiger partial charge in [0.05, 0.1) is 5.92 Å². The predicted molar refractivity (Wildman–Crippen MR) is 83.2 cm³/mol. The summed E-state index contributed by atoms with van der Waals surface area (Å²) in [5.41, 5.74) is 0.317. The highest BCUT2D eigenvalue weighted by molar-refractivity contribution is 5.96. The number of ketones is 2. The van der Waals surface area contributed by atoms with E-state index in [1.807, 2.05) is 19.1 Å². The summed E-state index contributed by atoms with van der Waals surface area (Å²) in [7, 11) is 0. The summed E-state index contributed by atoms with van der Waals surface area (Å²) in [6.45, 7) is 9.60. The van der Waals surface area contributed by atoms with Gasteiger partial charge in [-0.05, 0) is 30.6 Å². The van der Waals surface area contributed by atoms with Crippen LogP contribution in [0.3, 0.4) is 0 Å². The van der Waals surface area contributed by atoms with Crippen molar-refractivity contribution in [2.45, 2.75) is 33.3 Å². The highest BCUT2D eigenvalue weighted by Gasteiger charge is 2.72. The van der Waals surface area contributed by atoms with Crippen LogP contribution in [0.15, 0.2) is 24.3 Å². The monoisotopic (exact) mass is 314 g/mol.